The molecule has 23 heavy (non-hydrogen) atoms. The molecule has 6 nitrogen and oxygen atoms in total. The van der Waals surface area contributed by atoms with Gasteiger partial charge in [-0.15, -0.1) is 0 Å². The van der Waals surface area contributed by atoms with Crippen LogP contribution in [-0.2, 0) is 0 Å². The molecule has 0 aliphatic heterocycles. The molecule has 0 fully saturated rings. The van der Waals surface area contributed by atoms with Gasteiger partial charge < -0.3 is 10.3 Å². The predicted molar refractivity (Wildman–Crippen MR) is 91.4 cm³/mol. The maximum absolute atomic E-state index is 4.55. The van der Waals surface area contributed by atoms with Crippen LogP contribution in [0.1, 0.15) is 13.8 Å². The average molecular weight is 306 g/mol. The van der Waals surface area contributed by atoms with Crippen molar-refractivity contribution in [2.24, 2.45) is 5.92 Å². The van der Waals surface area contributed by atoms with E-state index in [1.807, 2.05) is 35.2 Å². The van der Waals surface area contributed by atoms with Gasteiger partial charge in [0.15, 0.2) is 0 Å². The van der Waals surface area contributed by atoms with Gasteiger partial charge in [0, 0.05) is 42.3 Å². The van der Waals surface area contributed by atoms with E-state index in [-0.39, 0.29) is 0 Å². The highest BCUT2D eigenvalue weighted by molar-refractivity contribution is 5.94. The van der Waals surface area contributed by atoms with Crippen LogP contribution in [0.15, 0.2) is 43.0 Å². The Labute approximate surface area is 133 Å². The van der Waals surface area contributed by atoms with E-state index in [0.29, 0.717) is 11.9 Å². The topological polar surface area (TPSA) is 70.9 Å². The number of anilines is 1. The van der Waals surface area contributed by atoms with Crippen LogP contribution < -0.4 is 5.32 Å². The lowest BCUT2D eigenvalue weighted by Crippen LogP contribution is -2.10. The van der Waals surface area contributed by atoms with Gasteiger partial charge in [-0.25, -0.2) is 9.50 Å². The number of fused-ring (bicyclic) bond motifs is 2. The molecule has 2 N–H and O–H groups in total. The number of hydrogen-bond acceptors (Lipinski definition) is 4. The Balaban J connectivity index is 1.72. The van der Waals surface area contributed by atoms with Crippen molar-refractivity contribution in [3.63, 3.8) is 0 Å². The van der Waals surface area contributed by atoms with Crippen molar-refractivity contribution in [2.45, 2.75) is 13.8 Å². The van der Waals surface area contributed by atoms with Gasteiger partial charge >= 0.3 is 0 Å². The minimum Gasteiger partial charge on any atom is -0.354 e. The number of aromatic nitrogens is 5. The van der Waals surface area contributed by atoms with E-state index in [0.717, 1.165) is 34.2 Å². The molecule has 0 aliphatic carbocycles. The molecule has 4 aromatic rings. The summed E-state index contributed by atoms with van der Waals surface area (Å²) in [5, 5.41) is 8.50. The van der Waals surface area contributed by atoms with Crippen LogP contribution >= 0.6 is 0 Å². The third-order valence-electron chi connectivity index (χ3n) is 3.81. The standard InChI is InChI=1S/C17H18N6/c1-11(2)8-19-17-20-10-15-14(9-18-16(15)22-17)12-4-6-23-13(7-12)3-5-21-23/h3-7,9-11H,8H2,1-2H3,(H2,18,19,20,22). The molecule has 0 amide bonds. The molecule has 6 heteroatoms. The molecule has 0 radical (unpaired) electrons. The first-order chi connectivity index (χ1) is 11.2. The zero-order chi connectivity index (χ0) is 15.8. The van der Waals surface area contributed by atoms with E-state index < -0.39 is 0 Å². The maximum atomic E-state index is 4.55. The number of H-pyrrole nitrogens is 1. The number of nitrogens with one attached hydrogen (secondary N) is 2. The van der Waals surface area contributed by atoms with Crippen molar-refractivity contribution in [3.8, 4) is 11.1 Å². The number of nitrogens with zero attached hydrogens (tertiary/aromatic N) is 4. The van der Waals surface area contributed by atoms with Crippen molar-refractivity contribution in [1.82, 2.24) is 24.6 Å². The summed E-state index contributed by atoms with van der Waals surface area (Å²) in [4.78, 5) is 12.2. The summed E-state index contributed by atoms with van der Waals surface area (Å²) in [5.41, 5.74) is 4.12. The third-order valence-corrected chi connectivity index (χ3v) is 3.81. The number of pyridine rings is 1. The first-order valence-corrected chi connectivity index (χ1v) is 7.72. The average Bonchev–Trinajstić information content (AvgIpc) is 3.18. The summed E-state index contributed by atoms with van der Waals surface area (Å²) >= 11 is 0. The number of hydrogen-bond donors (Lipinski definition) is 2. The second-order valence-electron chi connectivity index (χ2n) is 6.05. The van der Waals surface area contributed by atoms with Crippen molar-refractivity contribution in [1.29, 1.82) is 0 Å². The third kappa shape index (κ3) is 2.52. The zero-order valence-electron chi connectivity index (χ0n) is 13.1. The Morgan fingerprint density at radius 3 is 3.09 bits per heavy atom. The lowest BCUT2D eigenvalue weighted by Gasteiger charge is -2.07. The highest BCUT2D eigenvalue weighted by Crippen LogP contribution is 2.28. The predicted octanol–water partition coefficient (Wildman–Crippen LogP) is 3.34. The van der Waals surface area contributed by atoms with Crippen LogP contribution in [0.3, 0.4) is 0 Å². The second kappa shape index (κ2) is 5.39. The Morgan fingerprint density at radius 2 is 2.22 bits per heavy atom. The van der Waals surface area contributed by atoms with Crippen LogP contribution in [0.2, 0.25) is 0 Å². The summed E-state index contributed by atoms with van der Waals surface area (Å²) in [6.07, 6.45) is 7.61. The molecular formula is C17H18N6. The SMILES string of the molecule is CC(C)CNc1ncc2c(-c3ccn4nccc4c3)c[nH]c2n1. The first kappa shape index (κ1) is 13.8. The molecular weight excluding hydrogens is 288 g/mol. The number of rotatable bonds is 4. The van der Waals surface area contributed by atoms with Crippen LogP contribution in [0.4, 0.5) is 5.95 Å². The van der Waals surface area contributed by atoms with Crippen molar-refractivity contribution in [2.75, 3.05) is 11.9 Å². The highest BCUT2D eigenvalue weighted by Gasteiger charge is 2.10. The van der Waals surface area contributed by atoms with Crippen LogP contribution in [-0.4, -0.2) is 31.1 Å². The monoisotopic (exact) mass is 306 g/mol. The van der Waals surface area contributed by atoms with Crippen LogP contribution in [0.25, 0.3) is 27.7 Å². The lowest BCUT2D eigenvalue weighted by atomic mass is 10.1. The Hall–Kier alpha value is -2.89. The molecule has 0 saturated heterocycles. The minimum atomic E-state index is 0.552. The summed E-state index contributed by atoms with van der Waals surface area (Å²) in [6, 6.07) is 6.15. The van der Waals surface area contributed by atoms with E-state index in [1.54, 1.807) is 6.20 Å². The second-order valence-corrected chi connectivity index (χ2v) is 6.05. The molecule has 4 aromatic heterocycles. The molecule has 0 saturated carbocycles. The Bertz CT molecular complexity index is 965. The summed E-state index contributed by atoms with van der Waals surface area (Å²) < 4.78 is 1.85. The van der Waals surface area contributed by atoms with E-state index in [9.17, 15) is 0 Å². The smallest absolute Gasteiger partial charge is 0.224 e. The quantitative estimate of drug-likeness (QED) is 0.606. The summed E-state index contributed by atoms with van der Waals surface area (Å²) in [7, 11) is 0. The molecule has 0 aliphatic rings. The van der Waals surface area contributed by atoms with Gasteiger partial charge in [-0.3, -0.25) is 0 Å². The molecule has 0 bridgehead atoms. The van der Waals surface area contributed by atoms with Gasteiger partial charge in [-0.2, -0.15) is 10.1 Å². The fourth-order valence-corrected chi connectivity index (χ4v) is 2.62. The lowest BCUT2D eigenvalue weighted by molar-refractivity contribution is 0.685. The normalized spacial score (nSPS) is 11.6. The molecule has 4 heterocycles. The van der Waals surface area contributed by atoms with E-state index in [2.05, 4.69) is 45.3 Å². The van der Waals surface area contributed by atoms with E-state index in [4.69, 9.17) is 0 Å². The number of aromatic amines is 1. The Kier molecular flexibility index (Phi) is 3.22. The van der Waals surface area contributed by atoms with Crippen molar-refractivity contribution >= 4 is 22.5 Å². The minimum absolute atomic E-state index is 0.552. The molecule has 0 unspecified atom stereocenters. The fourth-order valence-electron chi connectivity index (χ4n) is 2.62. The molecule has 0 aromatic carbocycles. The van der Waals surface area contributed by atoms with Gasteiger partial charge in [0.25, 0.3) is 0 Å². The van der Waals surface area contributed by atoms with Gasteiger partial charge in [0.2, 0.25) is 5.95 Å². The Morgan fingerprint density at radius 1 is 1.30 bits per heavy atom. The maximum Gasteiger partial charge on any atom is 0.224 e. The molecule has 0 spiro atoms. The molecule has 0 atom stereocenters. The van der Waals surface area contributed by atoms with Crippen LogP contribution in [0.5, 0.6) is 0 Å². The van der Waals surface area contributed by atoms with Gasteiger partial charge in [0.1, 0.15) is 5.65 Å². The van der Waals surface area contributed by atoms with Gasteiger partial charge in [0.05, 0.1) is 5.52 Å². The summed E-state index contributed by atoms with van der Waals surface area (Å²) in [6.45, 7) is 5.17. The largest absolute Gasteiger partial charge is 0.354 e. The van der Waals surface area contributed by atoms with Gasteiger partial charge in [-0.1, -0.05) is 13.8 Å². The fraction of sp³-hybridized carbons (Fsp3) is 0.235. The van der Waals surface area contributed by atoms with Crippen molar-refractivity contribution < 1.29 is 0 Å². The highest BCUT2D eigenvalue weighted by atomic mass is 15.2. The first-order valence-electron chi connectivity index (χ1n) is 7.72. The zero-order valence-corrected chi connectivity index (χ0v) is 13.1. The van der Waals surface area contributed by atoms with Gasteiger partial charge in [-0.05, 0) is 29.7 Å². The molecule has 4 rings (SSSR count). The van der Waals surface area contributed by atoms with Crippen LogP contribution in [0, 0.1) is 5.92 Å². The van der Waals surface area contributed by atoms with E-state index >= 15 is 0 Å². The summed E-state index contributed by atoms with van der Waals surface area (Å²) in [5.74, 6) is 1.21. The van der Waals surface area contributed by atoms with E-state index in [1.165, 1.54) is 0 Å². The molecule has 116 valence electrons. The van der Waals surface area contributed by atoms with Crippen molar-refractivity contribution in [3.05, 3.63) is 43.0 Å².